The Morgan fingerprint density at radius 2 is 2.06 bits per heavy atom. The molecule has 1 fully saturated rings. The molecule has 0 saturated heterocycles. The van der Waals surface area contributed by atoms with Crippen molar-refractivity contribution < 1.29 is 4.79 Å². The zero-order chi connectivity index (χ0) is 13.0. The molecule has 1 aromatic rings. The predicted molar refractivity (Wildman–Crippen MR) is 68.9 cm³/mol. The van der Waals surface area contributed by atoms with Gasteiger partial charge in [-0.25, -0.2) is 4.79 Å². The van der Waals surface area contributed by atoms with Crippen LogP contribution in [-0.4, -0.2) is 18.6 Å². The van der Waals surface area contributed by atoms with Gasteiger partial charge < -0.3 is 16.4 Å². The standard InChI is InChI=1S/C13H16N4O/c14-7-9-1-3-11(4-2-9)16-13(18)17-12-5-10(6-12)8-15/h1-4,10,12H,5-6,8,15H2,(H2,16,17,18)/t10-,12+. The molecular weight excluding hydrogens is 228 g/mol. The van der Waals surface area contributed by atoms with Crippen molar-refractivity contribution in [3.8, 4) is 6.07 Å². The van der Waals surface area contributed by atoms with E-state index in [0.29, 0.717) is 23.7 Å². The highest BCUT2D eigenvalue weighted by atomic mass is 16.2. The molecule has 2 amide bonds. The van der Waals surface area contributed by atoms with E-state index in [1.807, 2.05) is 6.07 Å². The smallest absolute Gasteiger partial charge is 0.319 e. The maximum Gasteiger partial charge on any atom is 0.319 e. The highest BCUT2D eigenvalue weighted by molar-refractivity contribution is 5.89. The largest absolute Gasteiger partial charge is 0.335 e. The number of rotatable bonds is 3. The quantitative estimate of drug-likeness (QED) is 0.751. The number of hydrogen-bond donors (Lipinski definition) is 3. The van der Waals surface area contributed by atoms with E-state index in [-0.39, 0.29) is 12.1 Å². The Kier molecular flexibility index (Phi) is 3.80. The van der Waals surface area contributed by atoms with E-state index in [4.69, 9.17) is 11.0 Å². The minimum Gasteiger partial charge on any atom is -0.335 e. The summed E-state index contributed by atoms with van der Waals surface area (Å²) < 4.78 is 0. The SMILES string of the molecule is N#Cc1ccc(NC(=O)N[C@H]2C[C@@H](CN)C2)cc1. The molecular formula is C13H16N4O. The Morgan fingerprint density at radius 3 is 2.61 bits per heavy atom. The second-order valence-electron chi connectivity index (χ2n) is 4.56. The van der Waals surface area contributed by atoms with E-state index in [9.17, 15) is 4.79 Å². The van der Waals surface area contributed by atoms with E-state index in [2.05, 4.69) is 10.6 Å². The fourth-order valence-electron chi connectivity index (χ4n) is 2.03. The maximum absolute atomic E-state index is 11.6. The summed E-state index contributed by atoms with van der Waals surface area (Å²) in [5, 5.41) is 14.3. The van der Waals surface area contributed by atoms with Crippen LogP contribution < -0.4 is 16.4 Å². The third-order valence-electron chi connectivity index (χ3n) is 3.18. The minimum absolute atomic E-state index is 0.208. The predicted octanol–water partition coefficient (Wildman–Crippen LogP) is 1.42. The van der Waals surface area contributed by atoms with Gasteiger partial charge in [0.25, 0.3) is 0 Å². The van der Waals surface area contributed by atoms with Crippen LogP contribution in [-0.2, 0) is 0 Å². The topological polar surface area (TPSA) is 90.9 Å². The lowest BCUT2D eigenvalue weighted by atomic mass is 9.80. The molecule has 4 N–H and O–H groups in total. The number of nitriles is 1. The van der Waals surface area contributed by atoms with Gasteiger partial charge in [0, 0.05) is 11.7 Å². The lowest BCUT2D eigenvalue weighted by molar-refractivity contribution is 0.214. The number of amides is 2. The molecule has 0 aliphatic heterocycles. The van der Waals surface area contributed by atoms with Crippen LogP contribution in [0.5, 0.6) is 0 Å². The Hall–Kier alpha value is -2.06. The molecule has 1 aliphatic carbocycles. The number of urea groups is 1. The Labute approximate surface area is 106 Å². The lowest BCUT2D eigenvalue weighted by Gasteiger charge is -2.34. The summed E-state index contributed by atoms with van der Waals surface area (Å²) in [6.45, 7) is 0.690. The van der Waals surface area contributed by atoms with Crippen LogP contribution in [0.25, 0.3) is 0 Å². The summed E-state index contributed by atoms with van der Waals surface area (Å²) in [6, 6.07) is 8.81. The van der Waals surface area contributed by atoms with Crippen molar-refractivity contribution in [2.24, 2.45) is 11.7 Å². The van der Waals surface area contributed by atoms with Gasteiger partial charge in [-0.3, -0.25) is 0 Å². The van der Waals surface area contributed by atoms with Crippen molar-refractivity contribution in [3.05, 3.63) is 29.8 Å². The van der Waals surface area contributed by atoms with Crippen molar-refractivity contribution in [2.45, 2.75) is 18.9 Å². The van der Waals surface area contributed by atoms with Crippen LogP contribution in [0.1, 0.15) is 18.4 Å². The average Bonchev–Trinajstić information content (AvgIpc) is 2.34. The van der Waals surface area contributed by atoms with Crippen LogP contribution >= 0.6 is 0 Å². The molecule has 94 valence electrons. The molecule has 2 rings (SSSR count). The zero-order valence-corrected chi connectivity index (χ0v) is 10.0. The van der Waals surface area contributed by atoms with E-state index in [1.165, 1.54) is 0 Å². The number of carbonyl (C=O) groups is 1. The van der Waals surface area contributed by atoms with E-state index in [0.717, 1.165) is 12.8 Å². The molecule has 5 nitrogen and oxygen atoms in total. The molecule has 18 heavy (non-hydrogen) atoms. The summed E-state index contributed by atoms with van der Waals surface area (Å²) in [5.41, 5.74) is 6.78. The summed E-state index contributed by atoms with van der Waals surface area (Å²) in [5.74, 6) is 0.546. The number of nitrogens with zero attached hydrogens (tertiary/aromatic N) is 1. The molecule has 0 bridgehead atoms. The van der Waals surface area contributed by atoms with E-state index >= 15 is 0 Å². The number of carbonyl (C=O) groups excluding carboxylic acids is 1. The Morgan fingerprint density at radius 1 is 1.39 bits per heavy atom. The van der Waals surface area contributed by atoms with E-state index < -0.39 is 0 Å². The number of nitrogens with one attached hydrogen (secondary N) is 2. The van der Waals surface area contributed by atoms with Gasteiger partial charge in [0.15, 0.2) is 0 Å². The molecule has 0 radical (unpaired) electrons. The molecule has 0 aromatic heterocycles. The number of nitrogens with two attached hydrogens (primary N) is 1. The number of hydrogen-bond acceptors (Lipinski definition) is 3. The summed E-state index contributed by atoms with van der Waals surface area (Å²) >= 11 is 0. The van der Waals surface area contributed by atoms with Crippen molar-refractivity contribution in [3.63, 3.8) is 0 Å². The normalized spacial score (nSPS) is 21.6. The summed E-state index contributed by atoms with van der Waals surface area (Å²) in [4.78, 5) is 11.6. The van der Waals surface area contributed by atoms with Crippen LogP contribution in [0.3, 0.4) is 0 Å². The Bertz CT molecular complexity index is 457. The summed E-state index contributed by atoms with van der Waals surface area (Å²) in [6.07, 6.45) is 1.91. The van der Waals surface area contributed by atoms with Crippen molar-refractivity contribution in [1.29, 1.82) is 5.26 Å². The van der Waals surface area contributed by atoms with Crippen LogP contribution in [0.4, 0.5) is 10.5 Å². The van der Waals surface area contributed by atoms with Gasteiger partial charge in [0.05, 0.1) is 11.6 Å². The van der Waals surface area contributed by atoms with Crippen molar-refractivity contribution >= 4 is 11.7 Å². The number of benzene rings is 1. The van der Waals surface area contributed by atoms with Gasteiger partial charge in [-0.2, -0.15) is 5.26 Å². The molecule has 5 heteroatoms. The molecule has 0 atom stereocenters. The average molecular weight is 244 g/mol. The first-order valence-corrected chi connectivity index (χ1v) is 5.99. The third kappa shape index (κ3) is 2.99. The Balaban J connectivity index is 1.79. The molecule has 1 saturated carbocycles. The van der Waals surface area contributed by atoms with Gasteiger partial charge in [-0.05, 0) is 49.6 Å². The van der Waals surface area contributed by atoms with Crippen LogP contribution in [0.2, 0.25) is 0 Å². The fraction of sp³-hybridized carbons (Fsp3) is 0.385. The number of anilines is 1. The van der Waals surface area contributed by atoms with Gasteiger partial charge in [-0.1, -0.05) is 0 Å². The first kappa shape index (κ1) is 12.4. The van der Waals surface area contributed by atoms with Gasteiger partial charge >= 0.3 is 6.03 Å². The molecule has 0 spiro atoms. The second kappa shape index (κ2) is 5.52. The third-order valence-corrected chi connectivity index (χ3v) is 3.18. The molecule has 0 unspecified atom stereocenters. The zero-order valence-electron chi connectivity index (χ0n) is 10.0. The van der Waals surface area contributed by atoms with E-state index in [1.54, 1.807) is 24.3 Å². The van der Waals surface area contributed by atoms with Crippen molar-refractivity contribution in [2.75, 3.05) is 11.9 Å². The first-order valence-electron chi connectivity index (χ1n) is 5.99. The van der Waals surface area contributed by atoms with Gasteiger partial charge in [0.1, 0.15) is 0 Å². The molecule has 1 aromatic carbocycles. The summed E-state index contributed by atoms with van der Waals surface area (Å²) in [7, 11) is 0. The van der Waals surface area contributed by atoms with Gasteiger partial charge in [0.2, 0.25) is 0 Å². The van der Waals surface area contributed by atoms with Crippen LogP contribution in [0, 0.1) is 17.2 Å². The van der Waals surface area contributed by atoms with Crippen molar-refractivity contribution in [1.82, 2.24) is 5.32 Å². The highest BCUT2D eigenvalue weighted by Gasteiger charge is 2.28. The highest BCUT2D eigenvalue weighted by Crippen LogP contribution is 2.25. The molecule has 1 aliphatic rings. The monoisotopic (exact) mass is 244 g/mol. The fourth-order valence-corrected chi connectivity index (χ4v) is 2.03. The van der Waals surface area contributed by atoms with Gasteiger partial charge in [-0.15, -0.1) is 0 Å². The molecule has 0 heterocycles. The first-order chi connectivity index (χ1) is 8.71. The maximum atomic E-state index is 11.6. The van der Waals surface area contributed by atoms with Crippen LogP contribution in [0.15, 0.2) is 24.3 Å². The second-order valence-corrected chi connectivity index (χ2v) is 4.56. The lowest BCUT2D eigenvalue weighted by Crippen LogP contribution is -2.47. The minimum atomic E-state index is -0.208.